The molecule has 0 aromatic rings. The molecule has 0 radical (unpaired) electrons. The van der Waals surface area contributed by atoms with Crippen LogP contribution >= 0.6 is 0 Å². The highest BCUT2D eigenvalue weighted by Gasteiger charge is 2.18. The zero-order chi connectivity index (χ0) is 12.8. The molecule has 0 saturated heterocycles. The van der Waals surface area contributed by atoms with Crippen LogP contribution in [-0.4, -0.2) is 30.3 Å². The van der Waals surface area contributed by atoms with Crippen molar-refractivity contribution in [3.8, 4) is 0 Å². The van der Waals surface area contributed by atoms with Crippen molar-refractivity contribution >= 4 is 5.91 Å². The van der Waals surface area contributed by atoms with Gasteiger partial charge in [0.05, 0.1) is 18.3 Å². The monoisotopic (exact) mass is 241 g/mol. The number of hydrogen-bond donors (Lipinski definition) is 2. The Morgan fingerprint density at radius 1 is 1.53 bits per heavy atom. The predicted octanol–water partition coefficient (Wildman–Crippen LogP) is 1.59. The van der Waals surface area contributed by atoms with Crippen LogP contribution in [-0.2, 0) is 9.53 Å². The van der Waals surface area contributed by atoms with Crippen LogP contribution in [0.15, 0.2) is 11.3 Å². The number of amides is 1. The van der Waals surface area contributed by atoms with E-state index in [1.54, 1.807) is 6.92 Å². The van der Waals surface area contributed by atoms with E-state index in [1.165, 1.54) is 0 Å². The molecule has 0 aliphatic carbocycles. The number of hydrogen-bond acceptors (Lipinski definition) is 3. The minimum absolute atomic E-state index is 0.0281. The molecule has 1 heterocycles. The minimum atomic E-state index is -0.319. The number of carbonyl (C=O) groups is 1. The standard InChI is InChI=1S/C13H23NO3/c1-9(7-10(2)15)8-14-13(16)12-5-4-6-17-11(12)3/h9-10,15H,4-8H2,1-3H3,(H,14,16). The first-order valence-electron chi connectivity index (χ1n) is 6.29. The Morgan fingerprint density at radius 2 is 2.24 bits per heavy atom. The normalized spacial score (nSPS) is 19.5. The lowest BCUT2D eigenvalue weighted by Crippen LogP contribution is -2.32. The van der Waals surface area contributed by atoms with Crippen LogP contribution < -0.4 is 5.32 Å². The molecule has 17 heavy (non-hydrogen) atoms. The Bertz CT molecular complexity index is 297. The van der Waals surface area contributed by atoms with Gasteiger partial charge in [0.15, 0.2) is 0 Å². The molecule has 1 amide bonds. The average molecular weight is 241 g/mol. The van der Waals surface area contributed by atoms with E-state index in [9.17, 15) is 9.90 Å². The first kappa shape index (κ1) is 14.0. The third kappa shape index (κ3) is 4.77. The van der Waals surface area contributed by atoms with Crippen LogP contribution in [0.4, 0.5) is 0 Å². The van der Waals surface area contributed by atoms with Crippen molar-refractivity contribution in [2.75, 3.05) is 13.2 Å². The van der Waals surface area contributed by atoms with Crippen molar-refractivity contribution in [2.24, 2.45) is 5.92 Å². The molecule has 0 aromatic heterocycles. The molecule has 0 spiro atoms. The molecular weight excluding hydrogens is 218 g/mol. The van der Waals surface area contributed by atoms with Crippen molar-refractivity contribution < 1.29 is 14.6 Å². The first-order chi connectivity index (χ1) is 8.00. The maximum Gasteiger partial charge on any atom is 0.250 e. The molecule has 98 valence electrons. The van der Waals surface area contributed by atoms with E-state index in [1.807, 2.05) is 13.8 Å². The summed E-state index contributed by atoms with van der Waals surface area (Å²) in [5.41, 5.74) is 0.764. The van der Waals surface area contributed by atoms with E-state index >= 15 is 0 Å². The Kier molecular flexibility index (Phi) is 5.48. The molecule has 0 fully saturated rings. The smallest absolute Gasteiger partial charge is 0.250 e. The number of aliphatic hydroxyl groups is 1. The topological polar surface area (TPSA) is 58.6 Å². The summed E-state index contributed by atoms with van der Waals surface area (Å²) in [5, 5.41) is 12.1. The van der Waals surface area contributed by atoms with Crippen molar-refractivity contribution in [3.05, 3.63) is 11.3 Å². The summed E-state index contributed by atoms with van der Waals surface area (Å²) >= 11 is 0. The Balaban J connectivity index is 2.39. The molecule has 2 atom stereocenters. The highest BCUT2D eigenvalue weighted by Crippen LogP contribution is 2.18. The second-order valence-corrected chi connectivity index (χ2v) is 4.89. The molecular formula is C13H23NO3. The molecule has 4 nitrogen and oxygen atoms in total. The molecule has 2 unspecified atom stereocenters. The van der Waals surface area contributed by atoms with Gasteiger partial charge in [-0.1, -0.05) is 6.92 Å². The summed E-state index contributed by atoms with van der Waals surface area (Å²) in [7, 11) is 0. The molecule has 0 saturated carbocycles. The number of rotatable bonds is 5. The summed E-state index contributed by atoms with van der Waals surface area (Å²) < 4.78 is 5.36. The largest absolute Gasteiger partial charge is 0.498 e. The van der Waals surface area contributed by atoms with Gasteiger partial charge in [0.1, 0.15) is 5.76 Å². The van der Waals surface area contributed by atoms with Gasteiger partial charge in [-0.05, 0) is 39.0 Å². The summed E-state index contributed by atoms with van der Waals surface area (Å²) in [5.74, 6) is 1.00. The second-order valence-electron chi connectivity index (χ2n) is 4.89. The third-order valence-corrected chi connectivity index (χ3v) is 2.94. The lowest BCUT2D eigenvalue weighted by molar-refractivity contribution is -0.118. The van der Waals surface area contributed by atoms with Crippen LogP contribution in [0.1, 0.15) is 40.0 Å². The predicted molar refractivity (Wildman–Crippen MR) is 66.4 cm³/mol. The van der Waals surface area contributed by atoms with Gasteiger partial charge in [-0.25, -0.2) is 0 Å². The van der Waals surface area contributed by atoms with Crippen LogP contribution in [0.5, 0.6) is 0 Å². The van der Waals surface area contributed by atoms with Crippen LogP contribution in [0.2, 0.25) is 0 Å². The fraction of sp³-hybridized carbons (Fsp3) is 0.769. The third-order valence-electron chi connectivity index (χ3n) is 2.94. The maximum absolute atomic E-state index is 11.9. The van der Waals surface area contributed by atoms with E-state index in [4.69, 9.17) is 4.74 Å². The fourth-order valence-electron chi connectivity index (χ4n) is 2.05. The first-order valence-corrected chi connectivity index (χ1v) is 6.29. The van der Waals surface area contributed by atoms with Gasteiger partial charge in [0, 0.05) is 6.54 Å². The highest BCUT2D eigenvalue weighted by atomic mass is 16.5. The van der Waals surface area contributed by atoms with E-state index in [0.717, 1.165) is 24.2 Å². The van der Waals surface area contributed by atoms with Crippen LogP contribution in [0.25, 0.3) is 0 Å². The average Bonchev–Trinajstić information content (AvgIpc) is 2.25. The molecule has 4 heteroatoms. The van der Waals surface area contributed by atoms with Gasteiger partial charge < -0.3 is 15.2 Å². The Labute approximate surface area is 103 Å². The highest BCUT2D eigenvalue weighted by molar-refractivity contribution is 5.93. The lowest BCUT2D eigenvalue weighted by Gasteiger charge is -2.19. The maximum atomic E-state index is 11.9. The summed E-state index contributed by atoms with van der Waals surface area (Å²) in [6.07, 6.45) is 2.08. The van der Waals surface area contributed by atoms with Gasteiger partial charge in [0.2, 0.25) is 0 Å². The van der Waals surface area contributed by atoms with E-state index in [2.05, 4.69) is 5.32 Å². The molecule has 0 bridgehead atoms. The number of allylic oxidation sites excluding steroid dienone is 1. The van der Waals surface area contributed by atoms with Crippen molar-refractivity contribution in [3.63, 3.8) is 0 Å². The molecule has 1 aliphatic rings. The van der Waals surface area contributed by atoms with Crippen molar-refractivity contribution in [1.29, 1.82) is 0 Å². The zero-order valence-corrected chi connectivity index (χ0v) is 11.0. The summed E-state index contributed by atoms with van der Waals surface area (Å²) in [6.45, 7) is 6.93. The van der Waals surface area contributed by atoms with Crippen LogP contribution in [0.3, 0.4) is 0 Å². The van der Waals surface area contributed by atoms with Crippen molar-refractivity contribution in [2.45, 2.75) is 46.1 Å². The summed E-state index contributed by atoms with van der Waals surface area (Å²) in [4.78, 5) is 11.9. The second kappa shape index (κ2) is 6.64. The number of ether oxygens (including phenoxy) is 1. The van der Waals surface area contributed by atoms with Gasteiger partial charge in [-0.2, -0.15) is 0 Å². The molecule has 0 aromatic carbocycles. The van der Waals surface area contributed by atoms with Gasteiger partial charge in [-0.3, -0.25) is 4.79 Å². The minimum Gasteiger partial charge on any atom is -0.498 e. The van der Waals surface area contributed by atoms with E-state index in [0.29, 0.717) is 19.6 Å². The van der Waals surface area contributed by atoms with E-state index in [-0.39, 0.29) is 17.9 Å². The van der Waals surface area contributed by atoms with E-state index < -0.39 is 0 Å². The molecule has 1 rings (SSSR count). The van der Waals surface area contributed by atoms with Gasteiger partial charge in [0.25, 0.3) is 5.91 Å². The Hall–Kier alpha value is -1.03. The van der Waals surface area contributed by atoms with Crippen molar-refractivity contribution in [1.82, 2.24) is 5.32 Å². The Morgan fingerprint density at radius 3 is 2.82 bits per heavy atom. The SMILES string of the molecule is CC1=C(C(=O)NCC(C)CC(C)O)CCCO1. The quantitative estimate of drug-likeness (QED) is 0.768. The number of carbonyl (C=O) groups excluding carboxylic acids is 1. The van der Waals surface area contributed by atoms with Crippen LogP contribution in [0, 0.1) is 5.92 Å². The summed E-state index contributed by atoms with van der Waals surface area (Å²) in [6, 6.07) is 0. The number of nitrogens with one attached hydrogen (secondary N) is 1. The fourth-order valence-corrected chi connectivity index (χ4v) is 2.05. The van der Waals surface area contributed by atoms with Gasteiger partial charge in [-0.15, -0.1) is 0 Å². The van der Waals surface area contributed by atoms with Gasteiger partial charge >= 0.3 is 0 Å². The molecule has 1 aliphatic heterocycles. The molecule has 2 N–H and O–H groups in total. The lowest BCUT2D eigenvalue weighted by atomic mass is 10.0. The zero-order valence-electron chi connectivity index (χ0n) is 11.0. The number of aliphatic hydroxyl groups excluding tert-OH is 1.